The van der Waals surface area contributed by atoms with Gasteiger partial charge in [0.25, 0.3) is 0 Å². The van der Waals surface area contributed by atoms with Gasteiger partial charge in [-0.15, -0.1) is 0 Å². The zero-order valence-corrected chi connectivity index (χ0v) is 16.8. The monoisotopic (exact) mass is 370 g/mol. The minimum Gasteiger partial charge on any atom is -0.353 e. The average Bonchev–Trinajstić information content (AvgIpc) is 2.70. The molecular weight excluding hydrogens is 336 g/mol. The van der Waals surface area contributed by atoms with Crippen LogP contribution in [0.25, 0.3) is 6.08 Å². The number of carbonyl (C=O) groups excluding carboxylic acids is 2. The third kappa shape index (κ3) is 7.58. The van der Waals surface area contributed by atoms with Crippen LogP contribution in [0.4, 0.5) is 0 Å². The molecule has 4 heteroatoms. The molecule has 1 aromatic carbocycles. The third-order valence-corrected chi connectivity index (χ3v) is 5.27. The molecule has 0 aliphatic carbocycles. The molecule has 27 heavy (non-hydrogen) atoms. The molecule has 1 aromatic rings. The molecule has 1 atom stereocenters. The van der Waals surface area contributed by atoms with Crippen molar-refractivity contribution in [3.63, 3.8) is 0 Å². The van der Waals surface area contributed by atoms with Crippen LogP contribution in [0.15, 0.2) is 36.4 Å². The average molecular weight is 371 g/mol. The summed E-state index contributed by atoms with van der Waals surface area (Å²) in [6.45, 7) is 5.61. The first-order chi connectivity index (χ1) is 13.1. The Morgan fingerprint density at radius 1 is 1.15 bits per heavy atom. The number of hydrogen-bond donors (Lipinski definition) is 1. The summed E-state index contributed by atoms with van der Waals surface area (Å²) in [5.41, 5.74) is 1.02. The van der Waals surface area contributed by atoms with Gasteiger partial charge in [-0.2, -0.15) is 0 Å². The largest absolute Gasteiger partial charge is 0.353 e. The number of benzene rings is 1. The van der Waals surface area contributed by atoms with Gasteiger partial charge in [-0.1, -0.05) is 62.9 Å². The van der Waals surface area contributed by atoms with E-state index in [1.807, 2.05) is 41.3 Å². The Morgan fingerprint density at radius 2 is 1.85 bits per heavy atom. The number of hydrogen-bond acceptors (Lipinski definition) is 2. The molecule has 1 aliphatic heterocycles. The van der Waals surface area contributed by atoms with Crippen LogP contribution in [0, 0.1) is 5.92 Å². The topological polar surface area (TPSA) is 49.4 Å². The normalized spacial score (nSPS) is 16.4. The van der Waals surface area contributed by atoms with Crippen LogP contribution in [0.2, 0.25) is 0 Å². The van der Waals surface area contributed by atoms with Crippen molar-refractivity contribution in [2.45, 2.75) is 64.8 Å². The van der Waals surface area contributed by atoms with E-state index in [0.29, 0.717) is 13.1 Å². The number of amides is 2. The van der Waals surface area contributed by atoms with Gasteiger partial charge in [0.1, 0.15) is 0 Å². The molecule has 4 nitrogen and oxygen atoms in total. The summed E-state index contributed by atoms with van der Waals surface area (Å²) in [6.07, 6.45) is 11.0. The molecule has 2 rings (SSSR count). The standard InChI is InChI=1S/C23H34N2O2/c1-3-4-5-7-10-19(2)24-23(27)21-15-17-25(18-16-21)22(26)14-13-20-11-8-6-9-12-20/h6,8-9,11-14,19,21H,3-5,7,10,15-18H2,1-2H3,(H,24,27)/b14-13+. The minimum atomic E-state index is 0.0296. The number of unbranched alkanes of at least 4 members (excludes halogenated alkanes) is 3. The van der Waals surface area contributed by atoms with Gasteiger partial charge < -0.3 is 10.2 Å². The number of rotatable bonds is 9. The molecular formula is C23H34N2O2. The Hall–Kier alpha value is -2.10. The molecule has 0 aromatic heterocycles. The molecule has 1 N–H and O–H groups in total. The molecule has 1 aliphatic rings. The highest BCUT2D eigenvalue weighted by Gasteiger charge is 2.27. The van der Waals surface area contributed by atoms with Crippen LogP contribution in [0.1, 0.15) is 64.4 Å². The summed E-state index contributed by atoms with van der Waals surface area (Å²) < 4.78 is 0. The van der Waals surface area contributed by atoms with Crippen molar-refractivity contribution >= 4 is 17.9 Å². The molecule has 0 radical (unpaired) electrons. The quantitative estimate of drug-likeness (QED) is 0.517. The molecule has 1 fully saturated rings. The van der Waals surface area contributed by atoms with Gasteiger partial charge >= 0.3 is 0 Å². The highest BCUT2D eigenvalue weighted by atomic mass is 16.2. The van der Waals surface area contributed by atoms with Gasteiger partial charge in [-0.05, 0) is 37.8 Å². The summed E-state index contributed by atoms with van der Waals surface area (Å²) in [5.74, 6) is 0.220. The van der Waals surface area contributed by atoms with Crippen molar-refractivity contribution in [3.8, 4) is 0 Å². The zero-order chi connectivity index (χ0) is 19.5. The van der Waals surface area contributed by atoms with Crippen molar-refractivity contribution < 1.29 is 9.59 Å². The molecule has 2 amide bonds. The molecule has 0 saturated carbocycles. The second-order valence-corrected chi connectivity index (χ2v) is 7.60. The van der Waals surface area contributed by atoms with E-state index >= 15 is 0 Å². The fraction of sp³-hybridized carbons (Fsp3) is 0.565. The summed E-state index contributed by atoms with van der Waals surface area (Å²) in [4.78, 5) is 26.6. The van der Waals surface area contributed by atoms with Crippen LogP contribution in [-0.2, 0) is 9.59 Å². The second-order valence-electron chi connectivity index (χ2n) is 7.60. The van der Waals surface area contributed by atoms with E-state index in [-0.39, 0.29) is 23.8 Å². The van der Waals surface area contributed by atoms with Gasteiger partial charge in [0, 0.05) is 31.1 Å². The van der Waals surface area contributed by atoms with Gasteiger partial charge in [-0.25, -0.2) is 0 Å². The van der Waals surface area contributed by atoms with Crippen LogP contribution >= 0.6 is 0 Å². The Balaban J connectivity index is 1.70. The Bertz CT molecular complexity index is 604. The smallest absolute Gasteiger partial charge is 0.246 e. The van der Waals surface area contributed by atoms with E-state index in [9.17, 15) is 9.59 Å². The first kappa shape index (κ1) is 21.2. The molecule has 1 unspecified atom stereocenters. The minimum absolute atomic E-state index is 0.0296. The number of nitrogens with zero attached hydrogens (tertiary/aromatic N) is 1. The lowest BCUT2D eigenvalue weighted by Gasteiger charge is -2.31. The number of nitrogens with one attached hydrogen (secondary N) is 1. The maximum absolute atomic E-state index is 12.5. The van der Waals surface area contributed by atoms with Gasteiger partial charge in [0.2, 0.25) is 11.8 Å². The molecule has 148 valence electrons. The molecule has 0 bridgehead atoms. The highest BCUT2D eigenvalue weighted by molar-refractivity contribution is 5.92. The maximum Gasteiger partial charge on any atom is 0.246 e. The predicted octanol–water partition coefficient (Wildman–Crippen LogP) is 4.41. The van der Waals surface area contributed by atoms with Crippen molar-refractivity contribution in [3.05, 3.63) is 42.0 Å². The van der Waals surface area contributed by atoms with E-state index in [1.54, 1.807) is 6.08 Å². The Labute approximate surface area is 164 Å². The van der Waals surface area contributed by atoms with Gasteiger partial charge in [-0.3, -0.25) is 9.59 Å². The molecule has 1 heterocycles. The fourth-order valence-electron chi connectivity index (χ4n) is 3.51. The van der Waals surface area contributed by atoms with Crippen LogP contribution in [0.5, 0.6) is 0 Å². The third-order valence-electron chi connectivity index (χ3n) is 5.27. The van der Waals surface area contributed by atoms with Gasteiger partial charge in [0.05, 0.1) is 0 Å². The van der Waals surface area contributed by atoms with E-state index in [2.05, 4.69) is 19.2 Å². The van der Waals surface area contributed by atoms with Crippen molar-refractivity contribution in [2.75, 3.05) is 13.1 Å². The summed E-state index contributed by atoms with van der Waals surface area (Å²) in [6, 6.07) is 10.1. The number of piperidine rings is 1. The summed E-state index contributed by atoms with van der Waals surface area (Å²) >= 11 is 0. The van der Waals surface area contributed by atoms with E-state index in [1.165, 1.54) is 25.7 Å². The first-order valence-electron chi connectivity index (χ1n) is 10.4. The van der Waals surface area contributed by atoms with Crippen molar-refractivity contribution in [1.29, 1.82) is 0 Å². The number of likely N-dealkylation sites (tertiary alicyclic amines) is 1. The summed E-state index contributed by atoms with van der Waals surface area (Å²) in [7, 11) is 0. The lowest BCUT2D eigenvalue weighted by Crippen LogP contribution is -2.44. The molecule has 0 spiro atoms. The van der Waals surface area contributed by atoms with Crippen LogP contribution in [-0.4, -0.2) is 35.8 Å². The van der Waals surface area contributed by atoms with Crippen molar-refractivity contribution in [2.24, 2.45) is 5.92 Å². The summed E-state index contributed by atoms with van der Waals surface area (Å²) in [5, 5.41) is 3.16. The predicted molar refractivity (Wildman–Crippen MR) is 111 cm³/mol. The van der Waals surface area contributed by atoms with E-state index < -0.39 is 0 Å². The molecule has 1 saturated heterocycles. The van der Waals surface area contributed by atoms with E-state index in [4.69, 9.17) is 0 Å². The first-order valence-corrected chi connectivity index (χ1v) is 10.4. The van der Waals surface area contributed by atoms with Crippen molar-refractivity contribution in [1.82, 2.24) is 10.2 Å². The highest BCUT2D eigenvalue weighted by Crippen LogP contribution is 2.18. The maximum atomic E-state index is 12.5. The second kappa shape index (κ2) is 11.6. The fourth-order valence-corrected chi connectivity index (χ4v) is 3.51. The SMILES string of the molecule is CCCCCCC(C)NC(=O)C1CCN(C(=O)/C=C/c2ccccc2)CC1. The zero-order valence-electron chi connectivity index (χ0n) is 16.8. The lowest BCUT2D eigenvalue weighted by molar-refractivity contribution is -0.132. The van der Waals surface area contributed by atoms with Gasteiger partial charge in [0.15, 0.2) is 0 Å². The van der Waals surface area contributed by atoms with E-state index in [0.717, 1.165) is 24.8 Å². The number of carbonyl (C=O) groups is 2. The van der Waals surface area contributed by atoms with Crippen LogP contribution in [0.3, 0.4) is 0 Å². The lowest BCUT2D eigenvalue weighted by atomic mass is 9.95. The Kier molecular flexibility index (Phi) is 9.09. The van der Waals surface area contributed by atoms with Crippen LogP contribution < -0.4 is 5.32 Å². The Morgan fingerprint density at radius 3 is 2.52 bits per heavy atom.